The van der Waals surface area contributed by atoms with Crippen LogP contribution in [0.2, 0.25) is 0 Å². The van der Waals surface area contributed by atoms with Crippen LogP contribution in [0.4, 0.5) is 5.69 Å². The zero-order valence-corrected chi connectivity index (χ0v) is 11.9. The lowest BCUT2D eigenvalue weighted by molar-refractivity contribution is -0.116. The minimum atomic E-state index is -0.639. The summed E-state index contributed by atoms with van der Waals surface area (Å²) < 4.78 is 0. The summed E-state index contributed by atoms with van der Waals surface area (Å²) in [6.07, 6.45) is 1.64. The Bertz CT molecular complexity index is 628. The third kappa shape index (κ3) is 3.39. The minimum absolute atomic E-state index is 0.152. The van der Waals surface area contributed by atoms with Crippen LogP contribution in [0.1, 0.15) is 17.2 Å². The summed E-state index contributed by atoms with van der Waals surface area (Å²) in [5.74, 6) is -0.881. The Morgan fingerprint density at radius 3 is 2.60 bits per heavy atom. The van der Waals surface area contributed by atoms with Gasteiger partial charge in [0.1, 0.15) is 5.92 Å². The lowest BCUT2D eigenvalue weighted by Gasteiger charge is -2.16. The topological polar surface area (TPSA) is 68.0 Å². The summed E-state index contributed by atoms with van der Waals surface area (Å²) in [5, 5.41) is 2.82. The molecule has 0 radical (unpaired) electrons. The fourth-order valence-corrected chi connectivity index (χ4v) is 2.17. The van der Waals surface area contributed by atoms with Crippen molar-refractivity contribution in [1.29, 1.82) is 0 Å². The number of anilines is 1. The Hall–Kier alpha value is -2.27. The number of thiocarbonyl (C=S) groups is 1. The van der Waals surface area contributed by atoms with Gasteiger partial charge in [0.05, 0.1) is 4.99 Å². The first-order valence-corrected chi connectivity index (χ1v) is 6.56. The molecule has 0 aliphatic heterocycles. The smallest absolute Gasteiger partial charge is 0.238 e. The standard InChI is InChI=1S/C15H15N3OS/c1-10-9-12(7-8-17-10)18-15(19)13(14(16)20)11-5-3-2-4-6-11/h2-9,13H,1H3,(H2,16,20)(H,17,18,19). The fourth-order valence-electron chi connectivity index (χ4n) is 1.93. The van der Waals surface area contributed by atoms with E-state index in [2.05, 4.69) is 10.3 Å². The van der Waals surface area contributed by atoms with Crippen molar-refractivity contribution in [2.45, 2.75) is 12.8 Å². The van der Waals surface area contributed by atoms with Crippen molar-refractivity contribution in [2.24, 2.45) is 5.73 Å². The van der Waals surface area contributed by atoms with Crippen molar-refractivity contribution in [2.75, 3.05) is 5.32 Å². The molecule has 1 heterocycles. The van der Waals surface area contributed by atoms with E-state index in [1.165, 1.54) is 0 Å². The normalized spacial score (nSPS) is 11.7. The van der Waals surface area contributed by atoms with E-state index in [1.807, 2.05) is 37.3 Å². The van der Waals surface area contributed by atoms with Gasteiger partial charge in [0, 0.05) is 17.6 Å². The largest absolute Gasteiger partial charge is 0.392 e. The number of amides is 1. The molecule has 20 heavy (non-hydrogen) atoms. The van der Waals surface area contributed by atoms with Crippen LogP contribution < -0.4 is 11.1 Å². The second-order valence-corrected chi connectivity index (χ2v) is 4.89. The second-order valence-electron chi connectivity index (χ2n) is 4.42. The second kappa shape index (κ2) is 6.25. The zero-order chi connectivity index (χ0) is 14.5. The van der Waals surface area contributed by atoms with Crippen LogP contribution in [-0.4, -0.2) is 15.9 Å². The van der Waals surface area contributed by atoms with E-state index in [0.717, 1.165) is 11.3 Å². The molecule has 1 atom stereocenters. The number of hydrogen-bond acceptors (Lipinski definition) is 3. The van der Waals surface area contributed by atoms with Crippen LogP contribution >= 0.6 is 12.2 Å². The number of hydrogen-bond donors (Lipinski definition) is 2. The first-order chi connectivity index (χ1) is 9.58. The van der Waals surface area contributed by atoms with Gasteiger partial charge in [0.15, 0.2) is 0 Å². The Kier molecular flexibility index (Phi) is 4.42. The van der Waals surface area contributed by atoms with Gasteiger partial charge < -0.3 is 11.1 Å². The van der Waals surface area contributed by atoms with E-state index >= 15 is 0 Å². The van der Waals surface area contributed by atoms with Gasteiger partial charge in [-0.15, -0.1) is 0 Å². The van der Waals surface area contributed by atoms with E-state index in [0.29, 0.717) is 5.69 Å². The molecule has 1 aromatic carbocycles. The Labute approximate surface area is 123 Å². The van der Waals surface area contributed by atoms with Gasteiger partial charge in [0.2, 0.25) is 5.91 Å². The Balaban J connectivity index is 2.23. The van der Waals surface area contributed by atoms with Crippen molar-refractivity contribution in [3.8, 4) is 0 Å². The molecule has 5 heteroatoms. The molecule has 1 unspecified atom stereocenters. The fraction of sp³-hybridized carbons (Fsp3) is 0.133. The number of rotatable bonds is 4. The van der Waals surface area contributed by atoms with Crippen LogP contribution in [0, 0.1) is 6.92 Å². The molecule has 1 amide bonds. The first-order valence-electron chi connectivity index (χ1n) is 6.15. The number of nitrogens with zero attached hydrogens (tertiary/aromatic N) is 1. The first kappa shape index (κ1) is 14.1. The SMILES string of the molecule is Cc1cc(NC(=O)C(C(N)=S)c2ccccc2)ccn1. The Morgan fingerprint density at radius 1 is 1.30 bits per heavy atom. The van der Waals surface area contributed by atoms with Crippen molar-refractivity contribution in [1.82, 2.24) is 4.98 Å². The van der Waals surface area contributed by atoms with E-state index < -0.39 is 5.92 Å². The minimum Gasteiger partial charge on any atom is -0.392 e. The number of pyridine rings is 1. The highest BCUT2D eigenvalue weighted by Crippen LogP contribution is 2.19. The molecule has 0 saturated carbocycles. The van der Waals surface area contributed by atoms with Crippen molar-refractivity contribution in [3.63, 3.8) is 0 Å². The quantitative estimate of drug-likeness (QED) is 0.846. The molecule has 0 aliphatic carbocycles. The van der Waals surface area contributed by atoms with Gasteiger partial charge >= 0.3 is 0 Å². The van der Waals surface area contributed by atoms with Crippen LogP contribution in [-0.2, 0) is 4.79 Å². The highest BCUT2D eigenvalue weighted by molar-refractivity contribution is 7.80. The third-order valence-corrected chi connectivity index (χ3v) is 3.08. The van der Waals surface area contributed by atoms with E-state index in [9.17, 15) is 4.79 Å². The number of benzene rings is 1. The summed E-state index contributed by atoms with van der Waals surface area (Å²) >= 11 is 5.02. The average Bonchev–Trinajstić information content (AvgIpc) is 2.39. The van der Waals surface area contributed by atoms with Crippen LogP contribution in [0.25, 0.3) is 0 Å². The zero-order valence-electron chi connectivity index (χ0n) is 11.0. The van der Waals surface area contributed by atoms with Gasteiger partial charge in [-0.25, -0.2) is 0 Å². The average molecular weight is 285 g/mol. The molecule has 1 aromatic heterocycles. The number of aryl methyl sites for hydroxylation is 1. The molecular weight excluding hydrogens is 270 g/mol. The van der Waals surface area contributed by atoms with Crippen molar-refractivity contribution < 1.29 is 4.79 Å². The van der Waals surface area contributed by atoms with Gasteiger partial charge in [-0.05, 0) is 24.6 Å². The highest BCUT2D eigenvalue weighted by atomic mass is 32.1. The number of carbonyl (C=O) groups is 1. The summed E-state index contributed by atoms with van der Waals surface area (Å²) in [5.41, 5.74) is 8.00. The predicted molar refractivity (Wildman–Crippen MR) is 83.6 cm³/mol. The monoisotopic (exact) mass is 285 g/mol. The molecule has 0 aliphatic rings. The lowest BCUT2D eigenvalue weighted by atomic mass is 9.98. The van der Waals surface area contributed by atoms with Crippen molar-refractivity contribution in [3.05, 3.63) is 59.9 Å². The van der Waals surface area contributed by atoms with Crippen molar-refractivity contribution >= 4 is 28.8 Å². The van der Waals surface area contributed by atoms with Crippen LogP contribution in [0.15, 0.2) is 48.7 Å². The van der Waals surface area contributed by atoms with Gasteiger partial charge in [-0.2, -0.15) is 0 Å². The van der Waals surface area contributed by atoms with Crippen LogP contribution in [0.5, 0.6) is 0 Å². The maximum absolute atomic E-state index is 12.4. The summed E-state index contributed by atoms with van der Waals surface area (Å²) in [4.78, 5) is 16.6. The van der Waals surface area contributed by atoms with E-state index in [-0.39, 0.29) is 10.9 Å². The molecule has 0 saturated heterocycles. The van der Waals surface area contributed by atoms with E-state index in [4.69, 9.17) is 18.0 Å². The van der Waals surface area contributed by atoms with Gasteiger partial charge in [0.25, 0.3) is 0 Å². The molecule has 0 spiro atoms. The molecular formula is C15H15N3OS. The molecule has 0 fully saturated rings. The third-order valence-electron chi connectivity index (χ3n) is 2.84. The predicted octanol–water partition coefficient (Wildman–Crippen LogP) is 2.40. The molecule has 2 aromatic rings. The Morgan fingerprint density at radius 2 is 2.00 bits per heavy atom. The molecule has 3 N–H and O–H groups in total. The number of nitrogens with one attached hydrogen (secondary N) is 1. The number of aromatic nitrogens is 1. The van der Waals surface area contributed by atoms with Gasteiger partial charge in [-0.3, -0.25) is 9.78 Å². The number of nitrogens with two attached hydrogens (primary N) is 1. The maximum atomic E-state index is 12.4. The molecule has 2 rings (SSSR count). The maximum Gasteiger partial charge on any atom is 0.238 e. The van der Waals surface area contributed by atoms with E-state index in [1.54, 1.807) is 18.3 Å². The van der Waals surface area contributed by atoms with Gasteiger partial charge in [-0.1, -0.05) is 42.5 Å². The summed E-state index contributed by atoms with van der Waals surface area (Å²) in [7, 11) is 0. The number of carbonyl (C=O) groups excluding carboxylic acids is 1. The highest BCUT2D eigenvalue weighted by Gasteiger charge is 2.23. The molecule has 4 nitrogen and oxygen atoms in total. The summed E-state index contributed by atoms with van der Waals surface area (Å²) in [6.45, 7) is 1.86. The summed E-state index contributed by atoms with van der Waals surface area (Å²) in [6, 6.07) is 12.8. The lowest BCUT2D eigenvalue weighted by Crippen LogP contribution is -2.31. The molecule has 0 bridgehead atoms. The van der Waals surface area contributed by atoms with Crippen LogP contribution in [0.3, 0.4) is 0 Å². The molecule has 102 valence electrons.